The van der Waals surface area contributed by atoms with Gasteiger partial charge in [0.2, 0.25) is 0 Å². The third-order valence-electron chi connectivity index (χ3n) is 4.14. The van der Waals surface area contributed by atoms with Gasteiger partial charge in [0.25, 0.3) is 0 Å². The summed E-state index contributed by atoms with van der Waals surface area (Å²) in [5.74, 6) is 0.888. The van der Waals surface area contributed by atoms with Crippen LogP contribution in [0.15, 0.2) is 11.2 Å². The number of aromatic nitrogens is 1. The Hall–Kier alpha value is -1.18. The van der Waals surface area contributed by atoms with E-state index in [1.807, 2.05) is 6.20 Å². The number of aliphatic imine (C=N–C) groups is 1. The highest BCUT2D eigenvalue weighted by Crippen LogP contribution is 2.12. The maximum absolute atomic E-state index is 5.52. The Labute approximate surface area is 149 Å². The lowest BCUT2D eigenvalue weighted by Gasteiger charge is -2.37. The van der Waals surface area contributed by atoms with E-state index in [9.17, 15) is 0 Å². The number of ether oxygens (including phenoxy) is 1. The Bertz CT molecular complexity index is 519. The summed E-state index contributed by atoms with van der Waals surface area (Å²) >= 11 is 1.76. The van der Waals surface area contributed by atoms with Gasteiger partial charge in [-0.1, -0.05) is 0 Å². The van der Waals surface area contributed by atoms with Crippen molar-refractivity contribution >= 4 is 17.3 Å². The lowest BCUT2D eigenvalue weighted by atomic mass is 10.2. The monoisotopic (exact) mass is 353 g/mol. The first-order valence-electron chi connectivity index (χ1n) is 8.87. The molecule has 2 rings (SSSR count). The lowest BCUT2D eigenvalue weighted by Crippen LogP contribution is -2.49. The van der Waals surface area contributed by atoms with Gasteiger partial charge in [0.15, 0.2) is 5.96 Å². The summed E-state index contributed by atoms with van der Waals surface area (Å²) in [7, 11) is 0. The van der Waals surface area contributed by atoms with Crippen molar-refractivity contribution < 1.29 is 4.74 Å². The summed E-state index contributed by atoms with van der Waals surface area (Å²) in [6.07, 6.45) is 2.86. The first-order valence-corrected chi connectivity index (χ1v) is 9.68. The molecule has 7 heteroatoms. The van der Waals surface area contributed by atoms with Crippen LogP contribution in [0.4, 0.5) is 0 Å². The van der Waals surface area contributed by atoms with E-state index in [0.717, 1.165) is 51.8 Å². The summed E-state index contributed by atoms with van der Waals surface area (Å²) < 4.78 is 5.52. The highest BCUT2D eigenvalue weighted by atomic mass is 32.1. The van der Waals surface area contributed by atoms with Gasteiger partial charge < -0.3 is 15.4 Å². The van der Waals surface area contributed by atoms with Crippen molar-refractivity contribution in [2.45, 2.75) is 46.2 Å². The second kappa shape index (κ2) is 9.96. The van der Waals surface area contributed by atoms with Gasteiger partial charge in [-0.05, 0) is 27.7 Å². The molecule has 0 radical (unpaired) electrons. The number of morpholine rings is 1. The van der Waals surface area contributed by atoms with Crippen molar-refractivity contribution in [2.24, 2.45) is 4.99 Å². The Morgan fingerprint density at radius 3 is 3.04 bits per heavy atom. The summed E-state index contributed by atoms with van der Waals surface area (Å²) in [5, 5.41) is 7.91. The summed E-state index contributed by atoms with van der Waals surface area (Å²) in [5.41, 5.74) is 0. The van der Waals surface area contributed by atoms with E-state index in [0.29, 0.717) is 12.1 Å². The van der Waals surface area contributed by atoms with Crippen LogP contribution in [0.5, 0.6) is 0 Å². The van der Waals surface area contributed by atoms with Crippen LogP contribution in [-0.2, 0) is 11.2 Å². The molecule has 1 saturated heterocycles. The number of aryl methyl sites for hydroxylation is 1. The van der Waals surface area contributed by atoms with Crippen LogP contribution >= 0.6 is 11.3 Å². The molecule has 1 aliphatic heterocycles. The minimum atomic E-state index is 0.418. The Morgan fingerprint density at radius 2 is 2.38 bits per heavy atom. The summed E-state index contributed by atoms with van der Waals surface area (Å²) in [6.45, 7) is 13.8. The van der Waals surface area contributed by atoms with Crippen LogP contribution in [-0.4, -0.2) is 67.3 Å². The Balaban J connectivity index is 1.80. The molecule has 0 aliphatic carbocycles. The minimum Gasteiger partial charge on any atom is -0.379 e. The largest absolute Gasteiger partial charge is 0.379 e. The molecule has 2 atom stereocenters. The zero-order valence-corrected chi connectivity index (χ0v) is 16.2. The van der Waals surface area contributed by atoms with Gasteiger partial charge in [-0.15, -0.1) is 11.3 Å². The van der Waals surface area contributed by atoms with Crippen molar-refractivity contribution in [3.63, 3.8) is 0 Å². The van der Waals surface area contributed by atoms with Gasteiger partial charge in [0, 0.05) is 49.2 Å². The number of guanidine groups is 1. The maximum Gasteiger partial charge on any atom is 0.191 e. The van der Waals surface area contributed by atoms with Crippen molar-refractivity contribution in [2.75, 3.05) is 39.4 Å². The highest BCUT2D eigenvalue weighted by Gasteiger charge is 2.23. The number of thiazole rings is 1. The van der Waals surface area contributed by atoms with Gasteiger partial charge in [-0.2, -0.15) is 0 Å². The second-order valence-corrected chi connectivity index (χ2v) is 7.59. The lowest BCUT2D eigenvalue weighted by molar-refractivity contribution is -0.0165. The number of rotatable bonds is 7. The summed E-state index contributed by atoms with van der Waals surface area (Å²) in [6, 6.07) is 0.883. The second-order valence-electron chi connectivity index (χ2n) is 6.27. The third-order valence-corrected chi connectivity index (χ3v) is 5.12. The molecular formula is C17H31N5OS. The van der Waals surface area contributed by atoms with Crippen LogP contribution in [0, 0.1) is 6.92 Å². The standard InChI is InChI=1S/C17H31N5OS/c1-5-18-17(19-7-6-16-20-11-15(4)24-16)21-10-13(2)22-8-9-23-12-14(22)3/h11,13-14H,5-10,12H2,1-4H3,(H2,18,19,21). The van der Waals surface area contributed by atoms with Crippen molar-refractivity contribution in [3.05, 3.63) is 16.1 Å². The topological polar surface area (TPSA) is 61.8 Å². The van der Waals surface area contributed by atoms with Crippen molar-refractivity contribution in [3.8, 4) is 0 Å². The molecule has 2 heterocycles. The fourth-order valence-corrected chi connectivity index (χ4v) is 3.66. The third kappa shape index (κ3) is 6.03. The van der Waals surface area contributed by atoms with Gasteiger partial charge in [0.05, 0.1) is 24.8 Å². The van der Waals surface area contributed by atoms with E-state index < -0.39 is 0 Å². The molecule has 0 amide bonds. The Morgan fingerprint density at radius 1 is 1.54 bits per heavy atom. The van der Waals surface area contributed by atoms with Crippen LogP contribution in [0.2, 0.25) is 0 Å². The fraction of sp³-hybridized carbons (Fsp3) is 0.765. The average molecular weight is 354 g/mol. The molecular weight excluding hydrogens is 322 g/mol. The van der Waals surface area contributed by atoms with Crippen LogP contribution < -0.4 is 10.6 Å². The van der Waals surface area contributed by atoms with Crippen molar-refractivity contribution in [1.82, 2.24) is 20.5 Å². The predicted molar refractivity (Wildman–Crippen MR) is 101 cm³/mol. The quantitative estimate of drug-likeness (QED) is 0.577. The molecule has 136 valence electrons. The van der Waals surface area contributed by atoms with E-state index in [-0.39, 0.29) is 0 Å². The van der Waals surface area contributed by atoms with Gasteiger partial charge >= 0.3 is 0 Å². The number of hydrogen-bond donors (Lipinski definition) is 2. The Kier molecular flexibility index (Phi) is 7.94. The SMILES string of the molecule is CCNC(=NCC(C)N1CCOCC1C)NCCc1ncc(C)s1. The van der Waals surface area contributed by atoms with Crippen LogP contribution in [0.25, 0.3) is 0 Å². The number of nitrogens with zero attached hydrogens (tertiary/aromatic N) is 3. The molecule has 0 spiro atoms. The highest BCUT2D eigenvalue weighted by molar-refractivity contribution is 7.11. The molecule has 1 aromatic rings. The fourth-order valence-electron chi connectivity index (χ4n) is 2.87. The molecule has 0 saturated carbocycles. The summed E-state index contributed by atoms with van der Waals surface area (Å²) in [4.78, 5) is 12.9. The first-order chi connectivity index (χ1) is 11.6. The van der Waals surface area contributed by atoms with Crippen molar-refractivity contribution in [1.29, 1.82) is 0 Å². The van der Waals surface area contributed by atoms with E-state index in [1.165, 1.54) is 9.88 Å². The van der Waals surface area contributed by atoms with Gasteiger partial charge in [0.1, 0.15) is 0 Å². The average Bonchev–Trinajstić information content (AvgIpc) is 2.98. The minimum absolute atomic E-state index is 0.418. The zero-order chi connectivity index (χ0) is 17.4. The first kappa shape index (κ1) is 19.1. The molecule has 1 fully saturated rings. The van der Waals surface area contributed by atoms with Gasteiger partial charge in [-0.25, -0.2) is 4.98 Å². The van der Waals surface area contributed by atoms with E-state index >= 15 is 0 Å². The van der Waals surface area contributed by atoms with Gasteiger partial charge in [-0.3, -0.25) is 9.89 Å². The van der Waals surface area contributed by atoms with E-state index in [2.05, 4.69) is 48.2 Å². The molecule has 2 unspecified atom stereocenters. The zero-order valence-electron chi connectivity index (χ0n) is 15.3. The molecule has 24 heavy (non-hydrogen) atoms. The molecule has 1 aliphatic rings. The maximum atomic E-state index is 5.52. The predicted octanol–water partition coefficient (Wildman–Crippen LogP) is 1.66. The molecule has 2 N–H and O–H groups in total. The van der Waals surface area contributed by atoms with Crippen LogP contribution in [0.3, 0.4) is 0 Å². The normalized spacial score (nSPS) is 20.8. The molecule has 0 bridgehead atoms. The van der Waals surface area contributed by atoms with E-state index in [4.69, 9.17) is 9.73 Å². The van der Waals surface area contributed by atoms with Crippen LogP contribution in [0.1, 0.15) is 30.7 Å². The molecule has 0 aromatic carbocycles. The number of hydrogen-bond acceptors (Lipinski definition) is 5. The molecule has 6 nitrogen and oxygen atoms in total. The smallest absolute Gasteiger partial charge is 0.191 e. The molecule has 1 aromatic heterocycles. The number of nitrogens with one attached hydrogen (secondary N) is 2. The van der Waals surface area contributed by atoms with E-state index in [1.54, 1.807) is 11.3 Å².